The number of aryl methyl sites for hydroxylation is 1. The molecule has 0 fully saturated rings. The molecule has 0 spiro atoms. The van der Waals surface area contributed by atoms with Crippen molar-refractivity contribution < 1.29 is 5.11 Å². The number of imidazole rings is 1. The zero-order chi connectivity index (χ0) is 10.7. The molecule has 4 heteroatoms. The Hall–Kier alpha value is -1.42. The van der Waals surface area contributed by atoms with Gasteiger partial charge in [-0.05, 0) is 30.8 Å². The monoisotopic (exact) mass is 220 g/mol. The van der Waals surface area contributed by atoms with E-state index in [-0.39, 0.29) is 0 Å². The summed E-state index contributed by atoms with van der Waals surface area (Å²) in [4.78, 5) is 5.07. The van der Waals surface area contributed by atoms with Crippen molar-refractivity contribution in [2.45, 2.75) is 23.5 Å². The van der Waals surface area contributed by atoms with E-state index in [1.807, 2.05) is 29.0 Å². The molecule has 0 saturated carbocycles. The normalized spacial score (nSPS) is 10.5. The molecule has 2 aromatic rings. The van der Waals surface area contributed by atoms with Crippen molar-refractivity contribution in [1.82, 2.24) is 9.55 Å². The van der Waals surface area contributed by atoms with E-state index in [0.29, 0.717) is 5.75 Å². The van der Waals surface area contributed by atoms with Gasteiger partial charge in [-0.25, -0.2) is 4.98 Å². The lowest BCUT2D eigenvalue weighted by Crippen LogP contribution is -1.93. The maximum absolute atomic E-state index is 9.62. The lowest BCUT2D eigenvalue weighted by Gasteiger charge is -2.05. The Balaban J connectivity index is 2.26. The van der Waals surface area contributed by atoms with Crippen molar-refractivity contribution in [3.63, 3.8) is 0 Å². The first kappa shape index (κ1) is 10.1. The number of aromatic nitrogens is 2. The fraction of sp³-hybridized carbons (Fsp3) is 0.182. The molecule has 3 nitrogen and oxygen atoms in total. The first-order chi connectivity index (χ1) is 7.31. The minimum Gasteiger partial charge on any atom is -0.507 e. The van der Waals surface area contributed by atoms with Crippen LogP contribution >= 0.6 is 11.8 Å². The predicted molar refractivity (Wildman–Crippen MR) is 60.1 cm³/mol. The molecule has 1 N–H and O–H groups in total. The van der Waals surface area contributed by atoms with E-state index >= 15 is 0 Å². The van der Waals surface area contributed by atoms with E-state index in [1.54, 1.807) is 12.3 Å². The third kappa shape index (κ3) is 2.15. The Bertz CT molecular complexity index is 453. The van der Waals surface area contributed by atoms with Crippen LogP contribution in [0.25, 0.3) is 0 Å². The highest BCUT2D eigenvalue weighted by atomic mass is 32.2. The zero-order valence-electron chi connectivity index (χ0n) is 8.42. The predicted octanol–water partition coefficient (Wildman–Crippen LogP) is 2.76. The van der Waals surface area contributed by atoms with Gasteiger partial charge in [0, 0.05) is 18.9 Å². The number of phenolic OH excluding ortho intramolecular Hbond substituents is 1. The molecule has 0 bridgehead atoms. The van der Waals surface area contributed by atoms with Gasteiger partial charge in [0.2, 0.25) is 0 Å². The summed E-state index contributed by atoms with van der Waals surface area (Å²) in [7, 11) is 0. The molecular formula is C11H12N2OS. The summed E-state index contributed by atoms with van der Waals surface area (Å²) in [6.45, 7) is 2.95. The lowest BCUT2D eigenvalue weighted by molar-refractivity contribution is 0.462. The van der Waals surface area contributed by atoms with E-state index in [9.17, 15) is 5.11 Å². The van der Waals surface area contributed by atoms with Crippen LogP contribution in [0.15, 0.2) is 46.7 Å². The van der Waals surface area contributed by atoms with Crippen LogP contribution in [0, 0.1) is 0 Å². The second-order valence-electron chi connectivity index (χ2n) is 3.07. The van der Waals surface area contributed by atoms with Gasteiger partial charge in [-0.1, -0.05) is 12.1 Å². The van der Waals surface area contributed by atoms with Crippen LogP contribution in [-0.4, -0.2) is 14.7 Å². The van der Waals surface area contributed by atoms with E-state index in [2.05, 4.69) is 11.9 Å². The van der Waals surface area contributed by atoms with Gasteiger partial charge < -0.3 is 9.67 Å². The number of aromatic hydroxyl groups is 1. The van der Waals surface area contributed by atoms with Gasteiger partial charge in [0.1, 0.15) is 5.75 Å². The maximum atomic E-state index is 9.62. The Labute approximate surface area is 92.8 Å². The van der Waals surface area contributed by atoms with Crippen molar-refractivity contribution in [3.05, 3.63) is 36.7 Å². The summed E-state index contributed by atoms with van der Waals surface area (Å²) < 4.78 is 2.04. The molecule has 0 aliphatic heterocycles. The van der Waals surface area contributed by atoms with Crippen molar-refractivity contribution >= 4 is 11.8 Å². The van der Waals surface area contributed by atoms with Gasteiger partial charge in [-0.15, -0.1) is 0 Å². The standard InChI is InChI=1S/C11H12N2OS/c1-2-13-8-7-12-11(13)15-10-6-4-3-5-9(10)14/h3-8,14H,2H2,1H3. The molecule has 2 rings (SSSR count). The van der Waals surface area contributed by atoms with Crippen molar-refractivity contribution in [2.75, 3.05) is 0 Å². The second kappa shape index (κ2) is 4.40. The Morgan fingerprint density at radius 2 is 2.20 bits per heavy atom. The summed E-state index contributed by atoms with van der Waals surface area (Å²) in [5.74, 6) is 0.299. The SMILES string of the molecule is CCn1ccnc1Sc1ccccc1O. The largest absolute Gasteiger partial charge is 0.507 e. The van der Waals surface area contributed by atoms with Crippen molar-refractivity contribution in [2.24, 2.45) is 0 Å². The van der Waals surface area contributed by atoms with Gasteiger partial charge in [-0.3, -0.25) is 0 Å². The number of phenols is 1. The third-order valence-electron chi connectivity index (χ3n) is 2.08. The van der Waals surface area contributed by atoms with Gasteiger partial charge in [-0.2, -0.15) is 0 Å². The first-order valence-corrected chi connectivity index (χ1v) is 5.60. The molecule has 1 heterocycles. The van der Waals surface area contributed by atoms with Gasteiger partial charge in [0.25, 0.3) is 0 Å². The average Bonchev–Trinajstić information content (AvgIpc) is 2.69. The molecule has 0 amide bonds. The fourth-order valence-corrected chi connectivity index (χ4v) is 2.22. The zero-order valence-corrected chi connectivity index (χ0v) is 9.24. The van der Waals surface area contributed by atoms with E-state index in [0.717, 1.165) is 16.6 Å². The Morgan fingerprint density at radius 3 is 2.93 bits per heavy atom. The van der Waals surface area contributed by atoms with Crippen LogP contribution in [0.1, 0.15) is 6.92 Å². The average molecular weight is 220 g/mol. The summed E-state index contributed by atoms with van der Waals surface area (Å²) in [6.07, 6.45) is 3.70. The molecule has 0 aliphatic carbocycles. The lowest BCUT2D eigenvalue weighted by atomic mass is 10.3. The number of hydrogen-bond donors (Lipinski definition) is 1. The van der Waals surface area contributed by atoms with Gasteiger partial charge >= 0.3 is 0 Å². The molecule has 0 radical (unpaired) electrons. The van der Waals surface area contributed by atoms with E-state index in [1.165, 1.54) is 11.8 Å². The summed E-state index contributed by atoms with van der Waals surface area (Å²) >= 11 is 1.47. The minimum atomic E-state index is 0.299. The number of para-hydroxylation sites is 1. The van der Waals surface area contributed by atoms with Crippen LogP contribution < -0.4 is 0 Å². The minimum absolute atomic E-state index is 0.299. The molecular weight excluding hydrogens is 208 g/mol. The van der Waals surface area contributed by atoms with Crippen LogP contribution in [-0.2, 0) is 6.54 Å². The van der Waals surface area contributed by atoms with Crippen LogP contribution in [0.4, 0.5) is 0 Å². The summed E-state index contributed by atoms with van der Waals surface area (Å²) in [5, 5.41) is 10.5. The molecule has 1 aromatic carbocycles. The smallest absolute Gasteiger partial charge is 0.172 e. The molecule has 0 atom stereocenters. The highest BCUT2D eigenvalue weighted by Gasteiger charge is 2.06. The van der Waals surface area contributed by atoms with Crippen LogP contribution in [0.5, 0.6) is 5.75 Å². The van der Waals surface area contributed by atoms with Crippen molar-refractivity contribution in [1.29, 1.82) is 0 Å². The maximum Gasteiger partial charge on any atom is 0.172 e. The van der Waals surface area contributed by atoms with E-state index in [4.69, 9.17) is 0 Å². The quantitative estimate of drug-likeness (QED) is 0.864. The third-order valence-corrected chi connectivity index (χ3v) is 3.17. The number of hydrogen-bond acceptors (Lipinski definition) is 3. The van der Waals surface area contributed by atoms with Gasteiger partial charge in [0.05, 0.1) is 4.90 Å². The Morgan fingerprint density at radius 1 is 1.40 bits per heavy atom. The molecule has 0 unspecified atom stereocenters. The van der Waals surface area contributed by atoms with Crippen LogP contribution in [0.2, 0.25) is 0 Å². The molecule has 1 aromatic heterocycles. The number of benzene rings is 1. The highest BCUT2D eigenvalue weighted by Crippen LogP contribution is 2.32. The number of rotatable bonds is 3. The molecule has 78 valence electrons. The molecule has 15 heavy (non-hydrogen) atoms. The van der Waals surface area contributed by atoms with Crippen LogP contribution in [0.3, 0.4) is 0 Å². The van der Waals surface area contributed by atoms with Gasteiger partial charge in [0.15, 0.2) is 5.16 Å². The van der Waals surface area contributed by atoms with E-state index < -0.39 is 0 Å². The summed E-state index contributed by atoms with van der Waals surface area (Å²) in [6, 6.07) is 7.28. The second-order valence-corrected chi connectivity index (χ2v) is 4.07. The summed E-state index contributed by atoms with van der Waals surface area (Å²) in [5.41, 5.74) is 0. The Kier molecular flexibility index (Phi) is 2.97. The highest BCUT2D eigenvalue weighted by molar-refractivity contribution is 7.99. The fourth-order valence-electron chi connectivity index (χ4n) is 1.28. The van der Waals surface area contributed by atoms with Crippen molar-refractivity contribution in [3.8, 4) is 5.75 Å². The number of nitrogens with zero attached hydrogens (tertiary/aromatic N) is 2. The molecule has 0 aliphatic rings. The first-order valence-electron chi connectivity index (χ1n) is 4.78. The topological polar surface area (TPSA) is 38.0 Å². The molecule has 0 saturated heterocycles.